The van der Waals surface area contributed by atoms with Crippen LogP contribution >= 0.6 is 0 Å². The summed E-state index contributed by atoms with van der Waals surface area (Å²) in [6.07, 6.45) is 7.18. The number of benzene rings is 1. The van der Waals surface area contributed by atoms with Crippen molar-refractivity contribution in [1.82, 2.24) is 4.98 Å². The Balaban J connectivity index is 1.78. The van der Waals surface area contributed by atoms with Crippen LogP contribution in [0.25, 0.3) is 0 Å². The van der Waals surface area contributed by atoms with E-state index in [1.54, 1.807) is 0 Å². The van der Waals surface area contributed by atoms with Crippen molar-refractivity contribution in [2.75, 3.05) is 0 Å². The Morgan fingerprint density at radius 1 is 0.950 bits per heavy atom. The van der Waals surface area contributed by atoms with Gasteiger partial charge in [0.15, 0.2) is 0 Å². The molecule has 0 amide bonds. The molecular formula is C18H19NO. The van der Waals surface area contributed by atoms with Gasteiger partial charge in [-0.2, -0.15) is 0 Å². The average molecular weight is 265 g/mol. The van der Waals surface area contributed by atoms with Crippen LogP contribution in [0, 0.1) is 5.92 Å². The van der Waals surface area contributed by atoms with Crippen molar-refractivity contribution in [2.45, 2.75) is 37.7 Å². The van der Waals surface area contributed by atoms with Crippen molar-refractivity contribution in [3.8, 4) is 5.75 Å². The molecule has 0 spiro atoms. The number of pyridine rings is 1. The van der Waals surface area contributed by atoms with Gasteiger partial charge in [0.25, 0.3) is 0 Å². The van der Waals surface area contributed by atoms with Crippen LogP contribution in [0.5, 0.6) is 5.75 Å². The van der Waals surface area contributed by atoms with Crippen molar-refractivity contribution < 1.29 is 4.74 Å². The minimum Gasteiger partial charge on any atom is -0.484 e. The number of ether oxygens (including phenoxy) is 1. The molecule has 0 radical (unpaired) electrons. The highest BCUT2D eigenvalue weighted by atomic mass is 16.5. The smallest absolute Gasteiger partial charge is 0.144 e. The third kappa shape index (κ3) is 1.91. The Morgan fingerprint density at radius 3 is 2.70 bits per heavy atom. The average Bonchev–Trinajstić information content (AvgIpc) is 2.55. The lowest BCUT2D eigenvalue weighted by atomic mass is 9.70. The minimum atomic E-state index is 0.122. The van der Waals surface area contributed by atoms with Crippen molar-refractivity contribution in [1.29, 1.82) is 0 Å². The van der Waals surface area contributed by atoms with Crippen molar-refractivity contribution in [3.05, 3.63) is 59.9 Å². The third-order valence-corrected chi connectivity index (χ3v) is 4.76. The van der Waals surface area contributed by atoms with E-state index in [2.05, 4.69) is 41.4 Å². The zero-order valence-corrected chi connectivity index (χ0v) is 11.5. The fourth-order valence-electron chi connectivity index (χ4n) is 3.85. The van der Waals surface area contributed by atoms with Crippen LogP contribution in [0.2, 0.25) is 0 Å². The molecule has 0 saturated heterocycles. The zero-order chi connectivity index (χ0) is 13.4. The molecular weight excluding hydrogens is 246 g/mol. The molecule has 3 atom stereocenters. The van der Waals surface area contributed by atoms with Crippen molar-refractivity contribution >= 4 is 0 Å². The topological polar surface area (TPSA) is 22.1 Å². The molecule has 4 rings (SSSR count). The molecule has 20 heavy (non-hydrogen) atoms. The second-order valence-electron chi connectivity index (χ2n) is 5.89. The number of nitrogens with zero attached hydrogens (tertiary/aromatic N) is 1. The van der Waals surface area contributed by atoms with E-state index >= 15 is 0 Å². The number of para-hydroxylation sites is 1. The van der Waals surface area contributed by atoms with Gasteiger partial charge in [0.2, 0.25) is 0 Å². The molecule has 1 aromatic carbocycles. The summed E-state index contributed by atoms with van der Waals surface area (Å²) in [5, 5.41) is 0. The van der Waals surface area contributed by atoms with Crippen LogP contribution in [0.3, 0.4) is 0 Å². The maximum absolute atomic E-state index is 6.32. The van der Waals surface area contributed by atoms with Crippen LogP contribution < -0.4 is 4.74 Å². The first-order valence-corrected chi connectivity index (χ1v) is 7.60. The Hall–Kier alpha value is -1.83. The SMILES string of the molecule is c1ccc([C@H]2Oc3ccccc3[C@H]3CCCC[C@H]32)nc1. The molecule has 2 nitrogen and oxygen atoms in total. The molecule has 1 saturated carbocycles. The molecule has 0 bridgehead atoms. The monoisotopic (exact) mass is 265 g/mol. The fourth-order valence-corrected chi connectivity index (χ4v) is 3.85. The van der Waals surface area contributed by atoms with Gasteiger partial charge in [-0.05, 0) is 42.5 Å². The first-order valence-electron chi connectivity index (χ1n) is 7.60. The lowest BCUT2D eigenvalue weighted by molar-refractivity contribution is 0.0649. The highest BCUT2D eigenvalue weighted by Gasteiger charge is 2.40. The predicted octanol–water partition coefficient (Wildman–Crippen LogP) is 4.49. The molecule has 1 aliphatic carbocycles. The molecule has 1 fully saturated rings. The van der Waals surface area contributed by atoms with Crippen molar-refractivity contribution in [2.24, 2.45) is 5.92 Å². The summed E-state index contributed by atoms with van der Waals surface area (Å²) in [5.41, 5.74) is 2.49. The Morgan fingerprint density at radius 2 is 1.80 bits per heavy atom. The van der Waals surface area contributed by atoms with Gasteiger partial charge in [0, 0.05) is 12.1 Å². The van der Waals surface area contributed by atoms with Gasteiger partial charge in [-0.15, -0.1) is 0 Å². The molecule has 0 unspecified atom stereocenters. The summed E-state index contributed by atoms with van der Waals surface area (Å²) in [6, 6.07) is 14.7. The third-order valence-electron chi connectivity index (χ3n) is 4.76. The van der Waals surface area contributed by atoms with E-state index in [0.717, 1.165) is 11.4 Å². The highest BCUT2D eigenvalue weighted by molar-refractivity contribution is 5.40. The second kappa shape index (κ2) is 4.93. The second-order valence-corrected chi connectivity index (χ2v) is 5.89. The van der Waals surface area contributed by atoms with E-state index in [4.69, 9.17) is 4.74 Å². The summed E-state index contributed by atoms with van der Waals surface area (Å²) in [5.74, 6) is 2.28. The first kappa shape index (κ1) is 12.0. The normalized spacial score (nSPS) is 28.1. The molecule has 102 valence electrons. The number of aromatic nitrogens is 1. The van der Waals surface area contributed by atoms with E-state index in [0.29, 0.717) is 11.8 Å². The van der Waals surface area contributed by atoms with E-state index in [1.807, 2.05) is 12.3 Å². The summed E-state index contributed by atoms with van der Waals surface area (Å²) < 4.78 is 6.32. The minimum absolute atomic E-state index is 0.122. The van der Waals surface area contributed by atoms with Gasteiger partial charge >= 0.3 is 0 Å². The van der Waals surface area contributed by atoms with Crippen molar-refractivity contribution in [3.63, 3.8) is 0 Å². The summed E-state index contributed by atoms with van der Waals surface area (Å²) in [4.78, 5) is 4.54. The van der Waals surface area contributed by atoms with Crippen LogP contribution in [-0.2, 0) is 0 Å². The summed E-state index contributed by atoms with van der Waals surface area (Å²) in [6.45, 7) is 0. The van der Waals surface area contributed by atoms with Gasteiger partial charge < -0.3 is 4.74 Å². The Kier molecular flexibility index (Phi) is 2.95. The van der Waals surface area contributed by atoms with Gasteiger partial charge in [-0.3, -0.25) is 4.98 Å². The molecule has 0 N–H and O–H groups in total. The number of hydrogen-bond acceptors (Lipinski definition) is 2. The number of fused-ring (bicyclic) bond motifs is 3. The summed E-state index contributed by atoms with van der Waals surface area (Å²) >= 11 is 0. The van der Waals surface area contributed by atoms with Crippen LogP contribution in [0.4, 0.5) is 0 Å². The largest absolute Gasteiger partial charge is 0.484 e. The molecule has 2 heteroatoms. The van der Waals surface area contributed by atoms with Gasteiger partial charge in [0.1, 0.15) is 11.9 Å². The summed E-state index contributed by atoms with van der Waals surface area (Å²) in [7, 11) is 0. The quantitative estimate of drug-likeness (QED) is 0.758. The van der Waals surface area contributed by atoms with Crippen LogP contribution in [-0.4, -0.2) is 4.98 Å². The fraction of sp³-hybridized carbons (Fsp3) is 0.389. The van der Waals surface area contributed by atoms with E-state index in [9.17, 15) is 0 Å². The Labute approximate surface area is 119 Å². The van der Waals surface area contributed by atoms with E-state index < -0.39 is 0 Å². The molecule has 2 heterocycles. The molecule has 2 aromatic rings. The number of rotatable bonds is 1. The first-order chi connectivity index (χ1) is 9.93. The lowest BCUT2D eigenvalue weighted by Gasteiger charge is -2.42. The molecule has 1 aliphatic heterocycles. The van der Waals surface area contributed by atoms with Gasteiger partial charge in [-0.25, -0.2) is 0 Å². The standard InChI is InChI=1S/C18H19NO/c1-2-9-15-13(7-1)14-8-3-4-11-17(14)20-18(15)16-10-5-6-12-19-16/h3-6,8,10-13,15,18H,1-2,7,9H2/t13-,15-,18+/m1/s1. The zero-order valence-electron chi connectivity index (χ0n) is 11.5. The lowest BCUT2D eigenvalue weighted by Crippen LogP contribution is -2.32. The maximum atomic E-state index is 6.32. The van der Waals surface area contributed by atoms with Crippen LogP contribution in [0.15, 0.2) is 48.7 Å². The molecule has 2 aliphatic rings. The van der Waals surface area contributed by atoms with Crippen LogP contribution in [0.1, 0.15) is 49.0 Å². The van der Waals surface area contributed by atoms with Gasteiger partial charge in [-0.1, -0.05) is 37.1 Å². The molecule has 1 aromatic heterocycles. The van der Waals surface area contributed by atoms with Gasteiger partial charge in [0.05, 0.1) is 5.69 Å². The van der Waals surface area contributed by atoms with E-state index in [-0.39, 0.29) is 6.10 Å². The Bertz CT molecular complexity index is 595. The number of hydrogen-bond donors (Lipinski definition) is 0. The maximum Gasteiger partial charge on any atom is 0.144 e. The predicted molar refractivity (Wildman–Crippen MR) is 78.7 cm³/mol. The highest BCUT2D eigenvalue weighted by Crippen LogP contribution is 2.51. The van der Waals surface area contributed by atoms with E-state index in [1.165, 1.54) is 31.2 Å².